The highest BCUT2D eigenvalue weighted by molar-refractivity contribution is 5.82. The van der Waals surface area contributed by atoms with E-state index in [1.54, 1.807) is 18.2 Å². The number of aryl methyl sites for hydroxylation is 1. The van der Waals surface area contributed by atoms with Crippen molar-refractivity contribution in [1.29, 1.82) is 0 Å². The number of benzene rings is 2. The van der Waals surface area contributed by atoms with E-state index >= 15 is 0 Å². The van der Waals surface area contributed by atoms with Crippen molar-refractivity contribution in [2.24, 2.45) is 5.92 Å². The van der Waals surface area contributed by atoms with Crippen molar-refractivity contribution in [3.05, 3.63) is 70.5 Å². The maximum atomic E-state index is 14.9. The zero-order valence-electron chi connectivity index (χ0n) is 22.1. The minimum atomic E-state index is -5.08. The van der Waals surface area contributed by atoms with Crippen LogP contribution in [0.15, 0.2) is 42.5 Å². The first kappa shape index (κ1) is 28.5. The van der Waals surface area contributed by atoms with E-state index < -0.39 is 46.1 Å². The van der Waals surface area contributed by atoms with Gasteiger partial charge in [0.2, 0.25) is 11.6 Å². The Balaban J connectivity index is 1.49. The Morgan fingerprint density at radius 1 is 1.00 bits per heavy atom. The van der Waals surface area contributed by atoms with E-state index in [9.17, 15) is 41.8 Å². The average molecular weight is 566 g/mol. The fourth-order valence-corrected chi connectivity index (χ4v) is 7.04. The average Bonchev–Trinajstić information content (AvgIpc) is 3.28. The molecule has 1 amide bonds. The largest absolute Gasteiger partial charge is 0.479 e. The molecule has 1 heterocycles. The monoisotopic (exact) mass is 565 g/mol. The van der Waals surface area contributed by atoms with Crippen LogP contribution in [0.3, 0.4) is 0 Å². The molecule has 2 fully saturated rings. The second-order valence-electron chi connectivity index (χ2n) is 11.8. The number of carbonyl (C=O) groups excluding carboxylic acids is 1. The van der Waals surface area contributed by atoms with Crippen LogP contribution in [-0.4, -0.2) is 51.4 Å². The number of carboxylic acids is 1. The van der Waals surface area contributed by atoms with E-state index in [2.05, 4.69) is 0 Å². The maximum Gasteiger partial charge on any atom is 0.426 e. The molecule has 10 heteroatoms. The molecule has 0 radical (unpaired) electrons. The van der Waals surface area contributed by atoms with Crippen molar-refractivity contribution >= 4 is 11.9 Å². The van der Waals surface area contributed by atoms with Crippen molar-refractivity contribution in [3.63, 3.8) is 0 Å². The van der Waals surface area contributed by atoms with Gasteiger partial charge in [0.15, 0.2) is 5.60 Å². The summed E-state index contributed by atoms with van der Waals surface area (Å²) in [6.07, 6.45) is -2.88. The number of hydrogen-bond acceptors (Lipinski definition) is 3. The summed E-state index contributed by atoms with van der Waals surface area (Å²) < 4.78 is 68.9. The van der Waals surface area contributed by atoms with Gasteiger partial charge in [0, 0.05) is 23.9 Å². The molecule has 216 valence electrons. The lowest BCUT2D eigenvalue weighted by Crippen LogP contribution is -2.52. The standard InChI is InChI=1S/C30H32F5NO4/c1-27(32,30(33,34)35)21-5-8-23-20(16-21)4-9-24-28(23,17-18-2-6-22(31)7-3-18)14-15-36(24)25(37)19-10-12-29(40,13-11-19)26(38)39/h2-3,5-8,16,19,24,40H,4,9-15,17H2,1H3,(H,38,39)/t19-,24-,27?,28-,29+/m1/s1. The molecular weight excluding hydrogens is 533 g/mol. The number of amides is 1. The van der Waals surface area contributed by atoms with Crippen molar-refractivity contribution in [3.8, 4) is 0 Å². The third kappa shape index (κ3) is 4.67. The topological polar surface area (TPSA) is 77.8 Å². The molecule has 2 aromatic rings. The Morgan fingerprint density at radius 2 is 1.65 bits per heavy atom. The molecule has 3 aliphatic rings. The molecule has 40 heavy (non-hydrogen) atoms. The molecule has 1 aliphatic heterocycles. The van der Waals surface area contributed by atoms with Crippen LogP contribution in [0.5, 0.6) is 0 Å². The number of halogens is 5. The van der Waals surface area contributed by atoms with Crippen LogP contribution in [0, 0.1) is 11.7 Å². The molecule has 1 saturated carbocycles. The van der Waals surface area contributed by atoms with Crippen LogP contribution in [0.1, 0.15) is 67.7 Å². The zero-order chi connectivity index (χ0) is 29.1. The minimum absolute atomic E-state index is 0.0230. The fourth-order valence-electron chi connectivity index (χ4n) is 7.04. The number of aliphatic carboxylic acids is 1. The lowest BCUT2D eigenvalue weighted by atomic mass is 9.63. The Labute approximate surface area is 229 Å². The number of carboxylic acid groups (broad SMARTS) is 1. The molecule has 2 N–H and O–H groups in total. The number of nitrogens with zero attached hydrogens (tertiary/aromatic N) is 1. The first-order valence-corrected chi connectivity index (χ1v) is 13.6. The van der Waals surface area contributed by atoms with Gasteiger partial charge < -0.3 is 15.1 Å². The molecule has 0 bridgehead atoms. The predicted octanol–water partition coefficient (Wildman–Crippen LogP) is 5.61. The molecule has 3 atom stereocenters. The van der Waals surface area contributed by atoms with Crippen molar-refractivity contribution < 1.29 is 41.8 Å². The number of rotatable bonds is 5. The SMILES string of the molecule is CC(F)(c1ccc2c(c1)CC[C@H]1N(C(=O)[C@H]3CC[C@](O)(C(=O)O)CC3)CC[C@@]21Cc1ccc(F)cc1)C(F)(F)F. The first-order chi connectivity index (χ1) is 18.7. The maximum absolute atomic E-state index is 14.9. The number of aliphatic hydroxyl groups is 1. The molecule has 5 nitrogen and oxygen atoms in total. The molecule has 2 aliphatic carbocycles. The van der Waals surface area contributed by atoms with Gasteiger partial charge in [0.25, 0.3) is 0 Å². The summed E-state index contributed by atoms with van der Waals surface area (Å²) >= 11 is 0. The summed E-state index contributed by atoms with van der Waals surface area (Å²) in [4.78, 5) is 27.0. The van der Waals surface area contributed by atoms with Gasteiger partial charge in [0.1, 0.15) is 5.82 Å². The Hall–Kier alpha value is -3.01. The highest BCUT2D eigenvalue weighted by Crippen LogP contribution is 2.51. The van der Waals surface area contributed by atoms with Gasteiger partial charge >= 0.3 is 12.1 Å². The molecule has 0 spiro atoms. The highest BCUT2D eigenvalue weighted by Gasteiger charge is 2.56. The number of hydrogen-bond donors (Lipinski definition) is 2. The van der Waals surface area contributed by atoms with E-state index in [4.69, 9.17) is 0 Å². The van der Waals surface area contributed by atoms with Crippen molar-refractivity contribution in [1.82, 2.24) is 4.90 Å². The summed E-state index contributed by atoms with van der Waals surface area (Å²) in [5.74, 6) is -2.25. The first-order valence-electron chi connectivity index (χ1n) is 13.6. The highest BCUT2D eigenvalue weighted by atomic mass is 19.4. The smallest absolute Gasteiger partial charge is 0.426 e. The minimum Gasteiger partial charge on any atom is -0.479 e. The third-order valence-electron chi connectivity index (χ3n) is 9.49. The second kappa shape index (κ2) is 9.82. The summed E-state index contributed by atoms with van der Waals surface area (Å²) in [5, 5.41) is 19.6. The molecular formula is C30H32F5NO4. The van der Waals surface area contributed by atoms with Crippen LogP contribution in [0.2, 0.25) is 0 Å². The fraction of sp³-hybridized carbons (Fsp3) is 0.533. The van der Waals surface area contributed by atoms with E-state index in [1.165, 1.54) is 24.3 Å². The van der Waals surface area contributed by atoms with E-state index in [0.29, 0.717) is 44.7 Å². The van der Waals surface area contributed by atoms with Gasteiger partial charge in [-0.3, -0.25) is 4.79 Å². The number of alkyl halides is 4. The summed E-state index contributed by atoms with van der Waals surface area (Å²) in [5.41, 5.74) is -4.28. The Kier molecular flexibility index (Phi) is 7.00. The molecule has 2 aromatic carbocycles. The number of likely N-dealkylation sites (tertiary alicyclic amines) is 1. The molecule has 1 unspecified atom stereocenters. The van der Waals surface area contributed by atoms with Crippen LogP contribution in [0.25, 0.3) is 0 Å². The lowest BCUT2D eigenvalue weighted by Gasteiger charge is -2.45. The van der Waals surface area contributed by atoms with Crippen LogP contribution >= 0.6 is 0 Å². The normalized spacial score (nSPS) is 29.8. The van der Waals surface area contributed by atoms with E-state index in [1.807, 2.05) is 4.90 Å². The van der Waals surface area contributed by atoms with Gasteiger partial charge in [-0.15, -0.1) is 0 Å². The molecule has 5 rings (SSSR count). The quantitative estimate of drug-likeness (QED) is 0.463. The number of carbonyl (C=O) groups is 2. The van der Waals surface area contributed by atoms with Gasteiger partial charge in [-0.1, -0.05) is 30.3 Å². The van der Waals surface area contributed by atoms with Gasteiger partial charge in [0.05, 0.1) is 0 Å². The van der Waals surface area contributed by atoms with Gasteiger partial charge in [-0.05, 0) is 92.7 Å². The van der Waals surface area contributed by atoms with Gasteiger partial charge in [-0.25, -0.2) is 13.6 Å². The van der Waals surface area contributed by atoms with Crippen LogP contribution in [0.4, 0.5) is 22.0 Å². The second-order valence-corrected chi connectivity index (χ2v) is 11.8. The zero-order valence-corrected chi connectivity index (χ0v) is 22.1. The van der Waals surface area contributed by atoms with Crippen molar-refractivity contribution in [2.75, 3.05) is 6.54 Å². The Morgan fingerprint density at radius 3 is 2.25 bits per heavy atom. The molecule has 1 saturated heterocycles. The number of fused-ring (bicyclic) bond motifs is 3. The van der Waals surface area contributed by atoms with Gasteiger partial charge in [-0.2, -0.15) is 13.2 Å². The molecule has 0 aromatic heterocycles. The third-order valence-corrected chi connectivity index (χ3v) is 9.49. The van der Waals surface area contributed by atoms with Crippen LogP contribution < -0.4 is 0 Å². The lowest BCUT2D eigenvalue weighted by molar-refractivity contribution is -0.228. The Bertz CT molecular complexity index is 1300. The van der Waals surface area contributed by atoms with E-state index in [0.717, 1.165) is 11.1 Å². The van der Waals surface area contributed by atoms with Crippen molar-refractivity contribution in [2.45, 2.75) is 87.2 Å². The summed E-state index contributed by atoms with van der Waals surface area (Å²) in [6.45, 7) is 0.912. The van der Waals surface area contributed by atoms with E-state index in [-0.39, 0.29) is 37.6 Å². The summed E-state index contributed by atoms with van der Waals surface area (Å²) in [6, 6.07) is 9.75. The predicted molar refractivity (Wildman–Crippen MR) is 136 cm³/mol. The van der Waals surface area contributed by atoms with Crippen LogP contribution in [-0.2, 0) is 33.5 Å². The summed E-state index contributed by atoms with van der Waals surface area (Å²) in [7, 11) is 0.